The van der Waals surface area contributed by atoms with Crippen LogP contribution in [0.3, 0.4) is 0 Å². The molecular weight excluding hydrogens is 268 g/mol. The minimum atomic E-state index is -3.44. The van der Waals surface area contributed by atoms with Crippen LogP contribution in [-0.4, -0.2) is 26.1 Å². The Hall–Kier alpha value is -1.44. The van der Waals surface area contributed by atoms with Crippen molar-refractivity contribution in [3.63, 3.8) is 0 Å². The zero-order valence-corrected chi connectivity index (χ0v) is 11.3. The average Bonchev–Trinajstić information content (AvgIpc) is 2.43. The maximum absolute atomic E-state index is 11.8. The summed E-state index contributed by atoms with van der Waals surface area (Å²) >= 11 is 0. The first-order chi connectivity index (χ1) is 9.06. The van der Waals surface area contributed by atoms with Crippen LogP contribution in [0.4, 0.5) is 0 Å². The number of benzene rings is 1. The van der Waals surface area contributed by atoms with E-state index < -0.39 is 15.9 Å². The van der Waals surface area contributed by atoms with Crippen molar-refractivity contribution in [3.05, 3.63) is 30.3 Å². The van der Waals surface area contributed by atoms with E-state index in [9.17, 15) is 13.2 Å². The first-order valence-corrected chi connectivity index (χ1v) is 7.52. The van der Waals surface area contributed by atoms with Gasteiger partial charge in [0.25, 0.3) is 0 Å². The lowest BCUT2D eigenvalue weighted by molar-refractivity contribution is -0.129. The van der Waals surface area contributed by atoms with Gasteiger partial charge >= 0.3 is 0 Å². The van der Waals surface area contributed by atoms with E-state index in [0.29, 0.717) is 25.8 Å². The molecule has 1 aromatic carbocycles. The molecule has 0 heterocycles. The number of unbranched alkanes of at least 4 members (excludes halogenated alkanes) is 2. The van der Waals surface area contributed by atoms with Crippen LogP contribution in [0.5, 0.6) is 0 Å². The number of sulfonamides is 1. The fourth-order valence-electron chi connectivity index (χ4n) is 1.53. The molecular formula is C12H18N2O4S. The summed E-state index contributed by atoms with van der Waals surface area (Å²) in [5.41, 5.74) is 1.55. The lowest BCUT2D eigenvalue weighted by atomic mass is 10.2. The van der Waals surface area contributed by atoms with Gasteiger partial charge in [-0.3, -0.25) is 10.0 Å². The number of rotatable bonds is 8. The molecule has 0 fully saturated rings. The SMILES string of the molecule is O=C(CCCCCNS(=O)(=O)c1ccccc1)NO. The van der Waals surface area contributed by atoms with Crippen LogP contribution in [0.15, 0.2) is 35.2 Å². The standard InChI is InChI=1S/C12H18N2O4S/c15-12(14-16)9-5-2-6-10-13-19(17,18)11-7-3-1-4-8-11/h1,3-4,7-8,13,16H,2,5-6,9-10H2,(H,14,15). The van der Waals surface area contributed by atoms with Crippen molar-refractivity contribution in [1.82, 2.24) is 10.2 Å². The summed E-state index contributed by atoms with van der Waals surface area (Å²) in [5, 5.41) is 8.28. The molecule has 0 bridgehead atoms. The highest BCUT2D eigenvalue weighted by Crippen LogP contribution is 2.07. The molecule has 106 valence electrons. The number of carbonyl (C=O) groups is 1. The van der Waals surface area contributed by atoms with E-state index in [2.05, 4.69) is 4.72 Å². The van der Waals surface area contributed by atoms with Crippen molar-refractivity contribution >= 4 is 15.9 Å². The molecule has 1 rings (SSSR count). The van der Waals surface area contributed by atoms with Crippen LogP contribution >= 0.6 is 0 Å². The van der Waals surface area contributed by atoms with E-state index in [4.69, 9.17) is 5.21 Å². The maximum Gasteiger partial charge on any atom is 0.243 e. The van der Waals surface area contributed by atoms with Crippen LogP contribution in [0, 0.1) is 0 Å². The smallest absolute Gasteiger partial charge is 0.243 e. The first-order valence-electron chi connectivity index (χ1n) is 6.04. The highest BCUT2D eigenvalue weighted by atomic mass is 32.2. The Bertz CT molecular complexity index is 488. The summed E-state index contributed by atoms with van der Waals surface area (Å²) in [6.07, 6.45) is 2.21. The lowest BCUT2D eigenvalue weighted by Crippen LogP contribution is -2.24. The predicted octanol–water partition coefficient (Wildman–Crippen LogP) is 1.03. The molecule has 0 spiro atoms. The van der Waals surface area contributed by atoms with Crippen LogP contribution in [0.25, 0.3) is 0 Å². The first kappa shape index (κ1) is 15.6. The molecule has 0 radical (unpaired) electrons. The van der Waals surface area contributed by atoms with Crippen molar-refractivity contribution in [3.8, 4) is 0 Å². The minimum Gasteiger partial charge on any atom is -0.289 e. The van der Waals surface area contributed by atoms with Crippen molar-refractivity contribution in [1.29, 1.82) is 0 Å². The second-order valence-corrected chi connectivity index (χ2v) is 5.82. The quantitative estimate of drug-likeness (QED) is 0.378. The summed E-state index contributed by atoms with van der Waals surface area (Å²) < 4.78 is 26.1. The van der Waals surface area contributed by atoms with Crippen molar-refractivity contribution in [2.45, 2.75) is 30.6 Å². The number of hydrogen-bond acceptors (Lipinski definition) is 4. The number of amides is 1. The largest absolute Gasteiger partial charge is 0.289 e. The summed E-state index contributed by atoms with van der Waals surface area (Å²) in [6, 6.07) is 8.16. The van der Waals surface area contributed by atoms with Crippen LogP contribution in [-0.2, 0) is 14.8 Å². The maximum atomic E-state index is 11.8. The summed E-state index contributed by atoms with van der Waals surface area (Å²) in [4.78, 5) is 11.0. The van der Waals surface area contributed by atoms with E-state index in [1.807, 2.05) is 0 Å². The molecule has 0 atom stereocenters. The fraction of sp³-hybridized carbons (Fsp3) is 0.417. The Morgan fingerprint density at radius 2 is 1.79 bits per heavy atom. The van der Waals surface area contributed by atoms with Crippen molar-refractivity contribution < 1.29 is 18.4 Å². The van der Waals surface area contributed by atoms with Gasteiger partial charge in [-0.15, -0.1) is 0 Å². The van der Waals surface area contributed by atoms with Crippen LogP contribution < -0.4 is 10.2 Å². The topological polar surface area (TPSA) is 95.5 Å². The van der Waals surface area contributed by atoms with Crippen LogP contribution in [0.1, 0.15) is 25.7 Å². The van der Waals surface area contributed by atoms with E-state index in [-0.39, 0.29) is 11.3 Å². The fourth-order valence-corrected chi connectivity index (χ4v) is 2.63. The molecule has 0 unspecified atom stereocenters. The van der Waals surface area contributed by atoms with Gasteiger partial charge in [0.1, 0.15) is 0 Å². The number of hydrogen-bond donors (Lipinski definition) is 3. The summed E-state index contributed by atoms with van der Waals surface area (Å²) in [7, 11) is -3.44. The molecule has 0 aliphatic rings. The molecule has 0 saturated carbocycles. The second kappa shape index (κ2) is 7.88. The zero-order chi connectivity index (χ0) is 14.1. The number of hydroxylamine groups is 1. The predicted molar refractivity (Wildman–Crippen MR) is 70.0 cm³/mol. The van der Waals surface area contributed by atoms with Gasteiger partial charge < -0.3 is 0 Å². The summed E-state index contributed by atoms with van der Waals surface area (Å²) in [5.74, 6) is -0.426. The summed E-state index contributed by atoms with van der Waals surface area (Å²) in [6.45, 7) is 0.331. The van der Waals surface area contributed by atoms with E-state index in [0.717, 1.165) is 0 Å². The highest BCUT2D eigenvalue weighted by molar-refractivity contribution is 7.89. The normalized spacial score (nSPS) is 11.2. The molecule has 1 amide bonds. The van der Waals surface area contributed by atoms with Gasteiger partial charge in [-0.05, 0) is 25.0 Å². The molecule has 7 heteroatoms. The average molecular weight is 286 g/mol. The molecule has 0 saturated heterocycles. The molecule has 19 heavy (non-hydrogen) atoms. The van der Waals surface area contributed by atoms with Gasteiger partial charge in [-0.2, -0.15) is 0 Å². The highest BCUT2D eigenvalue weighted by Gasteiger charge is 2.11. The van der Waals surface area contributed by atoms with Gasteiger partial charge in [0.15, 0.2) is 0 Å². The van der Waals surface area contributed by atoms with Crippen molar-refractivity contribution in [2.24, 2.45) is 0 Å². The Labute approximate surface area is 112 Å². The number of nitrogens with one attached hydrogen (secondary N) is 2. The van der Waals surface area contributed by atoms with Gasteiger partial charge in [0, 0.05) is 13.0 Å². The number of carbonyl (C=O) groups excluding carboxylic acids is 1. The van der Waals surface area contributed by atoms with E-state index >= 15 is 0 Å². The van der Waals surface area contributed by atoms with Crippen molar-refractivity contribution in [2.75, 3.05) is 6.54 Å². The van der Waals surface area contributed by atoms with Gasteiger partial charge in [0.05, 0.1) is 4.90 Å². The third-order valence-electron chi connectivity index (χ3n) is 2.55. The molecule has 6 nitrogen and oxygen atoms in total. The lowest BCUT2D eigenvalue weighted by Gasteiger charge is -2.06. The van der Waals surface area contributed by atoms with Crippen LogP contribution in [0.2, 0.25) is 0 Å². The van der Waals surface area contributed by atoms with E-state index in [1.165, 1.54) is 12.1 Å². The Morgan fingerprint density at radius 3 is 2.42 bits per heavy atom. The molecule has 0 aliphatic carbocycles. The second-order valence-electron chi connectivity index (χ2n) is 4.06. The molecule has 3 N–H and O–H groups in total. The van der Waals surface area contributed by atoms with E-state index in [1.54, 1.807) is 23.7 Å². The monoisotopic (exact) mass is 286 g/mol. The Balaban J connectivity index is 2.24. The Kier molecular flexibility index (Phi) is 6.48. The Morgan fingerprint density at radius 1 is 1.11 bits per heavy atom. The van der Waals surface area contributed by atoms with Gasteiger partial charge in [0.2, 0.25) is 15.9 Å². The zero-order valence-electron chi connectivity index (χ0n) is 10.5. The van der Waals surface area contributed by atoms with Gasteiger partial charge in [-0.1, -0.05) is 24.6 Å². The molecule has 0 aromatic heterocycles. The third-order valence-corrected chi connectivity index (χ3v) is 4.03. The molecule has 1 aromatic rings. The molecule has 0 aliphatic heterocycles. The minimum absolute atomic E-state index is 0.238. The third kappa shape index (κ3) is 5.82. The van der Waals surface area contributed by atoms with Gasteiger partial charge in [-0.25, -0.2) is 18.6 Å².